The zero-order chi connectivity index (χ0) is 8.04. The van der Waals surface area contributed by atoms with Crippen molar-refractivity contribution in [3.63, 3.8) is 0 Å². The first-order chi connectivity index (χ1) is 4.62. The lowest BCUT2D eigenvalue weighted by molar-refractivity contribution is 0.402. The number of nitrogens with two attached hydrogens (primary N) is 1. The standard InChI is InChI=1S/C6H17N2OSi/c1-3-6-10(2,9)8-5-4-7/h8H,3-7H2,1-2H3. The van der Waals surface area contributed by atoms with E-state index in [4.69, 9.17) is 5.73 Å². The Hall–Kier alpha value is 0.0969. The fourth-order valence-electron chi connectivity index (χ4n) is 0.902. The van der Waals surface area contributed by atoms with Gasteiger partial charge in [-0.15, -0.1) is 0 Å². The molecule has 0 amide bonds. The Morgan fingerprint density at radius 3 is 2.60 bits per heavy atom. The maximum atomic E-state index is 11.4. The molecule has 0 aromatic heterocycles. The second-order valence-corrected chi connectivity index (χ2v) is 6.01. The first-order valence-electron chi connectivity index (χ1n) is 3.78. The molecule has 0 saturated carbocycles. The molecule has 1 radical (unpaired) electrons. The van der Waals surface area contributed by atoms with E-state index in [0.29, 0.717) is 13.1 Å². The Balaban J connectivity index is 3.42. The molecule has 10 heavy (non-hydrogen) atoms. The van der Waals surface area contributed by atoms with Crippen molar-refractivity contribution in [1.29, 1.82) is 0 Å². The van der Waals surface area contributed by atoms with Crippen LogP contribution in [0.2, 0.25) is 12.6 Å². The average Bonchev–Trinajstić information content (AvgIpc) is 1.84. The van der Waals surface area contributed by atoms with Crippen molar-refractivity contribution in [2.45, 2.75) is 25.9 Å². The van der Waals surface area contributed by atoms with Crippen molar-refractivity contribution in [2.75, 3.05) is 13.1 Å². The first kappa shape index (κ1) is 10.1. The molecule has 4 heteroatoms. The molecule has 0 fully saturated rings. The highest BCUT2D eigenvalue weighted by Crippen LogP contribution is 2.03. The van der Waals surface area contributed by atoms with Gasteiger partial charge in [0.2, 0.25) is 0 Å². The lowest BCUT2D eigenvalue weighted by atomic mass is 10.6. The predicted molar refractivity (Wildman–Crippen MR) is 44.5 cm³/mol. The minimum absolute atomic E-state index is 0.564. The zero-order valence-electron chi connectivity index (χ0n) is 6.81. The Labute approximate surface area is 63.8 Å². The highest BCUT2D eigenvalue weighted by Gasteiger charge is 2.24. The third-order valence-electron chi connectivity index (χ3n) is 1.37. The maximum absolute atomic E-state index is 11.4. The largest absolute Gasteiger partial charge is 0.329 e. The van der Waals surface area contributed by atoms with Crippen LogP contribution < -0.4 is 10.7 Å². The van der Waals surface area contributed by atoms with Crippen LogP contribution in [0, 0.1) is 0 Å². The van der Waals surface area contributed by atoms with Crippen molar-refractivity contribution >= 4 is 8.48 Å². The van der Waals surface area contributed by atoms with Gasteiger partial charge in [0.25, 0.3) is 0 Å². The lowest BCUT2D eigenvalue weighted by Gasteiger charge is -2.17. The molecule has 1 atom stereocenters. The van der Waals surface area contributed by atoms with E-state index in [1.807, 2.05) is 6.92 Å². The number of hydrogen-bond donors (Lipinski definition) is 2. The highest BCUT2D eigenvalue weighted by molar-refractivity contribution is 6.68. The van der Waals surface area contributed by atoms with Gasteiger partial charge in [-0.1, -0.05) is 13.3 Å². The molecule has 0 aliphatic carbocycles. The third-order valence-corrected chi connectivity index (χ3v) is 3.82. The van der Waals surface area contributed by atoms with Crippen LogP contribution in [-0.2, 0) is 4.80 Å². The second-order valence-electron chi connectivity index (χ2n) is 2.70. The first-order valence-corrected chi connectivity index (χ1v) is 6.39. The fraction of sp³-hybridized carbons (Fsp3) is 1.00. The summed E-state index contributed by atoms with van der Waals surface area (Å²) in [7, 11) is -2.30. The summed E-state index contributed by atoms with van der Waals surface area (Å²) in [5.74, 6) is 0. The van der Waals surface area contributed by atoms with Gasteiger partial charge in [0.1, 0.15) is 0 Å². The van der Waals surface area contributed by atoms with Crippen molar-refractivity contribution in [3.8, 4) is 0 Å². The van der Waals surface area contributed by atoms with Crippen LogP contribution in [0.1, 0.15) is 13.3 Å². The Kier molecular flexibility index (Phi) is 4.89. The van der Waals surface area contributed by atoms with E-state index in [0.717, 1.165) is 12.5 Å². The Morgan fingerprint density at radius 2 is 2.20 bits per heavy atom. The van der Waals surface area contributed by atoms with Gasteiger partial charge in [-0.25, -0.2) is 0 Å². The molecule has 0 aromatic carbocycles. The van der Waals surface area contributed by atoms with Gasteiger partial charge >= 0.3 is 8.48 Å². The molecule has 1 unspecified atom stereocenters. The average molecular weight is 161 g/mol. The summed E-state index contributed by atoms with van der Waals surface area (Å²) in [4.78, 5) is 14.4. The molecule has 0 rings (SSSR count). The molecular formula is C6H17N2OSi. The smallest absolute Gasteiger partial charge is 0.306 e. The van der Waals surface area contributed by atoms with Gasteiger partial charge in [0.15, 0.2) is 0 Å². The SMILES string of the molecule is CCC[Si](C)([O])NCCN. The monoisotopic (exact) mass is 161 g/mol. The summed E-state index contributed by atoms with van der Waals surface area (Å²) in [6, 6.07) is 0.799. The molecule has 0 saturated heterocycles. The van der Waals surface area contributed by atoms with Gasteiger partial charge in [0, 0.05) is 13.1 Å². The van der Waals surface area contributed by atoms with E-state index in [9.17, 15) is 4.80 Å². The van der Waals surface area contributed by atoms with Crippen LogP contribution in [-0.4, -0.2) is 21.6 Å². The summed E-state index contributed by atoms with van der Waals surface area (Å²) in [5.41, 5.74) is 5.25. The van der Waals surface area contributed by atoms with E-state index in [2.05, 4.69) is 4.98 Å². The van der Waals surface area contributed by atoms with E-state index >= 15 is 0 Å². The Bertz CT molecular complexity index is 87.8. The predicted octanol–water partition coefficient (Wildman–Crippen LogP) is 0.447. The lowest BCUT2D eigenvalue weighted by Crippen LogP contribution is -2.48. The Morgan fingerprint density at radius 1 is 1.60 bits per heavy atom. The van der Waals surface area contributed by atoms with E-state index in [-0.39, 0.29) is 0 Å². The topological polar surface area (TPSA) is 58.0 Å². The maximum Gasteiger partial charge on any atom is 0.306 e. The zero-order valence-corrected chi connectivity index (χ0v) is 7.81. The van der Waals surface area contributed by atoms with Crippen LogP contribution in [0.3, 0.4) is 0 Å². The number of nitrogens with one attached hydrogen (secondary N) is 1. The summed E-state index contributed by atoms with van der Waals surface area (Å²) in [5, 5.41) is 0. The normalized spacial score (nSPS) is 16.8. The van der Waals surface area contributed by atoms with Crippen LogP contribution in [0.15, 0.2) is 0 Å². The van der Waals surface area contributed by atoms with E-state index < -0.39 is 8.48 Å². The van der Waals surface area contributed by atoms with Crippen LogP contribution in [0.4, 0.5) is 0 Å². The number of rotatable bonds is 5. The van der Waals surface area contributed by atoms with Crippen LogP contribution in [0.25, 0.3) is 0 Å². The highest BCUT2D eigenvalue weighted by atomic mass is 28.4. The summed E-state index contributed by atoms with van der Waals surface area (Å²) in [6.45, 7) is 5.07. The van der Waals surface area contributed by atoms with Gasteiger partial charge < -0.3 is 10.7 Å². The number of hydrogen-bond acceptors (Lipinski definition) is 2. The fourth-order valence-corrected chi connectivity index (χ4v) is 2.71. The molecule has 0 aliphatic heterocycles. The summed E-state index contributed by atoms with van der Waals surface area (Å²) < 4.78 is 0. The van der Waals surface area contributed by atoms with Crippen molar-refractivity contribution in [2.24, 2.45) is 5.73 Å². The van der Waals surface area contributed by atoms with Crippen molar-refractivity contribution < 1.29 is 4.80 Å². The summed E-state index contributed by atoms with van der Waals surface area (Å²) in [6.07, 6.45) is 0.976. The molecule has 3 N–H and O–H groups in total. The molecule has 0 spiro atoms. The van der Waals surface area contributed by atoms with E-state index in [1.54, 1.807) is 6.55 Å². The molecule has 0 bridgehead atoms. The van der Waals surface area contributed by atoms with Crippen LogP contribution >= 0.6 is 0 Å². The quantitative estimate of drug-likeness (QED) is 0.575. The molecule has 3 nitrogen and oxygen atoms in total. The van der Waals surface area contributed by atoms with Gasteiger partial charge in [-0.05, 0) is 12.6 Å². The third kappa shape index (κ3) is 4.93. The van der Waals surface area contributed by atoms with Gasteiger partial charge in [0.05, 0.1) is 0 Å². The molecule has 0 aliphatic rings. The molecule has 0 aromatic rings. The van der Waals surface area contributed by atoms with Gasteiger partial charge in [-0.3, -0.25) is 4.80 Å². The van der Waals surface area contributed by atoms with Gasteiger partial charge in [-0.2, -0.15) is 0 Å². The summed E-state index contributed by atoms with van der Waals surface area (Å²) >= 11 is 0. The minimum Gasteiger partial charge on any atom is -0.329 e. The van der Waals surface area contributed by atoms with Crippen molar-refractivity contribution in [1.82, 2.24) is 4.98 Å². The second kappa shape index (κ2) is 4.84. The van der Waals surface area contributed by atoms with Crippen LogP contribution in [0.5, 0.6) is 0 Å². The molecular weight excluding hydrogens is 144 g/mol. The molecule has 61 valence electrons. The molecule has 0 heterocycles. The van der Waals surface area contributed by atoms with E-state index in [1.165, 1.54) is 0 Å². The minimum atomic E-state index is -2.30. The van der Waals surface area contributed by atoms with Crippen molar-refractivity contribution in [3.05, 3.63) is 0 Å².